The van der Waals surface area contributed by atoms with Crippen molar-refractivity contribution < 1.29 is 15.0 Å². The van der Waals surface area contributed by atoms with Crippen LogP contribution >= 0.6 is 0 Å². The first-order valence-corrected chi connectivity index (χ1v) is 4.84. The number of phenolic OH excluding ortho intramolecular Hbond substituents is 2. The number of fused-ring (bicyclic) bond motifs is 1. The zero-order chi connectivity index (χ0) is 12.6. The van der Waals surface area contributed by atoms with E-state index in [2.05, 4.69) is 10.3 Å². The van der Waals surface area contributed by atoms with Gasteiger partial charge in [0.1, 0.15) is 5.56 Å². The largest absolute Gasteiger partial charge is 0.504 e. The first-order chi connectivity index (χ1) is 8.04. The van der Waals surface area contributed by atoms with Crippen LogP contribution in [-0.4, -0.2) is 28.2 Å². The molecule has 6 heteroatoms. The Balaban J connectivity index is 2.80. The molecule has 1 aromatic heterocycles. The number of amides is 1. The molecule has 0 aliphatic heterocycles. The minimum Gasteiger partial charge on any atom is -0.504 e. The molecule has 0 atom stereocenters. The fourth-order valence-electron chi connectivity index (χ4n) is 1.55. The lowest BCUT2D eigenvalue weighted by atomic mass is 10.1. The Morgan fingerprint density at radius 3 is 2.59 bits per heavy atom. The summed E-state index contributed by atoms with van der Waals surface area (Å²) in [6, 6.07) is 2.34. The molecule has 2 rings (SSSR count). The van der Waals surface area contributed by atoms with Gasteiger partial charge >= 0.3 is 0 Å². The predicted molar refractivity (Wildman–Crippen MR) is 61.3 cm³/mol. The van der Waals surface area contributed by atoms with Gasteiger partial charge in [0, 0.05) is 19.3 Å². The Morgan fingerprint density at radius 1 is 1.29 bits per heavy atom. The molecule has 1 amide bonds. The van der Waals surface area contributed by atoms with Crippen molar-refractivity contribution in [3.8, 4) is 11.5 Å². The summed E-state index contributed by atoms with van der Waals surface area (Å²) >= 11 is 0. The van der Waals surface area contributed by atoms with Gasteiger partial charge in [0.2, 0.25) is 5.43 Å². The summed E-state index contributed by atoms with van der Waals surface area (Å²) in [5.74, 6) is -1.25. The maximum absolute atomic E-state index is 11.9. The molecular weight excluding hydrogens is 224 g/mol. The van der Waals surface area contributed by atoms with E-state index >= 15 is 0 Å². The summed E-state index contributed by atoms with van der Waals surface area (Å²) in [6.07, 6.45) is 1.26. The Morgan fingerprint density at radius 2 is 1.94 bits per heavy atom. The van der Waals surface area contributed by atoms with E-state index in [0.717, 1.165) is 6.07 Å². The van der Waals surface area contributed by atoms with Crippen molar-refractivity contribution in [2.24, 2.45) is 0 Å². The van der Waals surface area contributed by atoms with Crippen molar-refractivity contribution in [2.45, 2.75) is 0 Å². The van der Waals surface area contributed by atoms with E-state index in [9.17, 15) is 19.8 Å². The normalized spacial score (nSPS) is 10.4. The summed E-state index contributed by atoms with van der Waals surface area (Å²) in [5.41, 5.74) is -0.212. The number of phenols is 2. The van der Waals surface area contributed by atoms with Gasteiger partial charge in [-0.15, -0.1) is 0 Å². The van der Waals surface area contributed by atoms with Crippen LogP contribution in [0, 0.1) is 0 Å². The molecule has 0 radical (unpaired) electrons. The van der Waals surface area contributed by atoms with Crippen LogP contribution in [0.4, 0.5) is 0 Å². The summed E-state index contributed by atoms with van der Waals surface area (Å²) in [5, 5.41) is 21.1. The summed E-state index contributed by atoms with van der Waals surface area (Å²) < 4.78 is 0. The Hall–Kier alpha value is -2.50. The zero-order valence-electron chi connectivity index (χ0n) is 8.94. The third kappa shape index (κ3) is 1.69. The fourth-order valence-corrected chi connectivity index (χ4v) is 1.55. The number of hydrogen-bond acceptors (Lipinski definition) is 4. The highest BCUT2D eigenvalue weighted by Crippen LogP contribution is 2.27. The second-order valence-electron chi connectivity index (χ2n) is 3.50. The molecule has 6 nitrogen and oxygen atoms in total. The van der Waals surface area contributed by atoms with E-state index in [-0.39, 0.29) is 16.7 Å². The number of pyridine rings is 1. The lowest BCUT2D eigenvalue weighted by Crippen LogP contribution is -2.25. The maximum atomic E-state index is 11.9. The molecule has 0 fully saturated rings. The molecule has 0 unspecified atom stereocenters. The smallest absolute Gasteiger partial charge is 0.256 e. The zero-order valence-corrected chi connectivity index (χ0v) is 8.94. The van der Waals surface area contributed by atoms with E-state index in [1.54, 1.807) is 0 Å². The topological polar surface area (TPSA) is 102 Å². The Kier molecular flexibility index (Phi) is 2.47. The molecule has 17 heavy (non-hydrogen) atoms. The number of aromatic hydroxyl groups is 2. The van der Waals surface area contributed by atoms with Gasteiger partial charge in [0.25, 0.3) is 5.91 Å². The molecule has 0 saturated heterocycles. The average Bonchev–Trinajstić information content (AvgIpc) is 2.31. The van der Waals surface area contributed by atoms with Crippen LogP contribution < -0.4 is 10.7 Å². The fraction of sp³-hybridized carbons (Fsp3) is 0.0909. The molecule has 1 heterocycles. The van der Waals surface area contributed by atoms with Crippen molar-refractivity contribution in [3.05, 3.63) is 34.1 Å². The molecule has 0 saturated carbocycles. The monoisotopic (exact) mass is 234 g/mol. The van der Waals surface area contributed by atoms with Crippen LogP contribution in [-0.2, 0) is 0 Å². The average molecular weight is 234 g/mol. The van der Waals surface area contributed by atoms with Crippen molar-refractivity contribution in [3.63, 3.8) is 0 Å². The Labute approximate surface area is 95.5 Å². The van der Waals surface area contributed by atoms with Crippen molar-refractivity contribution in [1.29, 1.82) is 0 Å². The lowest BCUT2D eigenvalue weighted by Gasteiger charge is -2.04. The van der Waals surface area contributed by atoms with Gasteiger partial charge in [-0.05, 0) is 6.07 Å². The predicted octanol–water partition coefficient (Wildman–Crippen LogP) is 0.299. The number of rotatable bonds is 1. The van der Waals surface area contributed by atoms with Crippen molar-refractivity contribution in [2.75, 3.05) is 7.05 Å². The molecule has 0 aliphatic rings. The van der Waals surface area contributed by atoms with E-state index in [1.807, 2.05) is 0 Å². The number of aromatic nitrogens is 1. The Bertz CT molecular complexity index is 660. The van der Waals surface area contributed by atoms with Gasteiger partial charge in [-0.25, -0.2) is 0 Å². The van der Waals surface area contributed by atoms with E-state index in [1.165, 1.54) is 19.3 Å². The van der Waals surface area contributed by atoms with Gasteiger partial charge in [-0.1, -0.05) is 0 Å². The van der Waals surface area contributed by atoms with Crippen LogP contribution in [0.15, 0.2) is 23.1 Å². The maximum Gasteiger partial charge on any atom is 0.256 e. The third-order valence-corrected chi connectivity index (χ3v) is 2.45. The molecule has 88 valence electrons. The van der Waals surface area contributed by atoms with Crippen LogP contribution in [0.25, 0.3) is 10.9 Å². The van der Waals surface area contributed by atoms with Gasteiger partial charge in [0.05, 0.1) is 10.9 Å². The highest BCUT2D eigenvalue weighted by atomic mass is 16.3. The van der Waals surface area contributed by atoms with Gasteiger partial charge in [-0.2, -0.15) is 0 Å². The van der Waals surface area contributed by atoms with Crippen LogP contribution in [0.2, 0.25) is 0 Å². The van der Waals surface area contributed by atoms with Gasteiger partial charge < -0.3 is 20.5 Å². The van der Waals surface area contributed by atoms with E-state index in [4.69, 9.17) is 0 Å². The summed E-state index contributed by atoms with van der Waals surface area (Å²) in [4.78, 5) is 26.0. The summed E-state index contributed by atoms with van der Waals surface area (Å²) in [7, 11) is 1.42. The number of aromatic amines is 1. The van der Waals surface area contributed by atoms with Crippen LogP contribution in [0.5, 0.6) is 11.5 Å². The molecule has 4 N–H and O–H groups in total. The molecule has 2 aromatic rings. The van der Waals surface area contributed by atoms with Crippen LogP contribution in [0.3, 0.4) is 0 Å². The first-order valence-electron chi connectivity index (χ1n) is 4.84. The second kappa shape index (κ2) is 3.82. The van der Waals surface area contributed by atoms with Gasteiger partial charge in [-0.3, -0.25) is 9.59 Å². The molecule has 0 spiro atoms. The molecule has 1 aromatic carbocycles. The molecule has 0 bridgehead atoms. The highest BCUT2D eigenvalue weighted by Gasteiger charge is 2.13. The van der Waals surface area contributed by atoms with E-state index < -0.39 is 17.1 Å². The number of benzene rings is 1. The highest BCUT2D eigenvalue weighted by molar-refractivity contribution is 5.97. The SMILES string of the molecule is CNC(=O)c1c[nH]c2cc(O)c(O)cc2c1=O. The number of nitrogens with one attached hydrogen (secondary N) is 2. The first kappa shape index (κ1) is 11.0. The second-order valence-corrected chi connectivity index (χ2v) is 3.50. The minimum absolute atomic E-state index is 0.0508. The lowest BCUT2D eigenvalue weighted by molar-refractivity contribution is 0.0962. The number of H-pyrrole nitrogens is 1. The minimum atomic E-state index is -0.513. The standard InChI is InChI=1S/C11H10N2O4/c1-12-11(17)6-4-13-7-3-9(15)8(14)2-5(7)10(6)16/h2-4,14-15H,1H3,(H,12,17)(H,13,16). The quantitative estimate of drug-likeness (QED) is 0.533. The number of carbonyl (C=O) groups is 1. The number of carbonyl (C=O) groups excluding carboxylic acids is 1. The third-order valence-electron chi connectivity index (χ3n) is 2.45. The van der Waals surface area contributed by atoms with Crippen molar-refractivity contribution >= 4 is 16.8 Å². The van der Waals surface area contributed by atoms with Crippen molar-refractivity contribution in [1.82, 2.24) is 10.3 Å². The molecular formula is C11H10N2O4. The number of hydrogen-bond donors (Lipinski definition) is 4. The summed E-state index contributed by atoms with van der Waals surface area (Å²) in [6.45, 7) is 0. The molecule has 0 aliphatic carbocycles. The van der Waals surface area contributed by atoms with Gasteiger partial charge in [0.15, 0.2) is 11.5 Å². The van der Waals surface area contributed by atoms with Crippen LogP contribution in [0.1, 0.15) is 10.4 Å². The van der Waals surface area contributed by atoms with E-state index in [0.29, 0.717) is 5.52 Å².